The Morgan fingerprint density at radius 1 is 1.03 bits per heavy atom. The van der Waals surface area contributed by atoms with Gasteiger partial charge in [-0.05, 0) is 67.1 Å². The number of benzene rings is 3. The molecule has 0 heterocycles. The second-order valence-corrected chi connectivity index (χ2v) is 8.56. The van der Waals surface area contributed by atoms with Crippen molar-refractivity contribution in [2.75, 3.05) is 18.4 Å². The van der Waals surface area contributed by atoms with Gasteiger partial charge in [-0.3, -0.25) is 9.52 Å². The molecule has 0 radical (unpaired) electrons. The fraction of sp³-hybridized carbons (Fsp3) is 0.174. The number of nitrogens with zero attached hydrogens (tertiary/aromatic N) is 1. The first-order chi connectivity index (χ1) is 14.8. The molecule has 0 aliphatic carbocycles. The molecule has 0 aromatic heterocycles. The van der Waals surface area contributed by atoms with E-state index in [1.165, 1.54) is 35.2 Å². The number of ether oxygens (including phenoxy) is 1. The van der Waals surface area contributed by atoms with E-state index in [0.717, 1.165) is 23.4 Å². The molecule has 6 nitrogen and oxygen atoms in total. The topological polar surface area (TPSA) is 75.7 Å². The lowest BCUT2D eigenvalue weighted by molar-refractivity contribution is 0.0785. The molecule has 0 saturated carbocycles. The van der Waals surface area contributed by atoms with E-state index in [0.29, 0.717) is 13.2 Å². The highest BCUT2D eigenvalue weighted by molar-refractivity contribution is 7.92. The van der Waals surface area contributed by atoms with Crippen molar-refractivity contribution in [2.45, 2.75) is 18.4 Å². The van der Waals surface area contributed by atoms with Crippen molar-refractivity contribution >= 4 is 21.6 Å². The number of carbonyl (C=O) groups excluding carboxylic acids is 1. The first-order valence-electron chi connectivity index (χ1n) is 9.64. The van der Waals surface area contributed by atoms with Gasteiger partial charge < -0.3 is 9.64 Å². The Morgan fingerprint density at radius 2 is 1.71 bits per heavy atom. The van der Waals surface area contributed by atoms with Crippen molar-refractivity contribution in [3.05, 3.63) is 89.7 Å². The molecular formula is C23H23FN2O4S. The second-order valence-electron chi connectivity index (χ2n) is 6.88. The van der Waals surface area contributed by atoms with Crippen LogP contribution in [-0.2, 0) is 16.6 Å². The maximum Gasteiger partial charge on any atom is 0.261 e. The third kappa shape index (κ3) is 5.82. The Kier molecular flexibility index (Phi) is 6.91. The van der Waals surface area contributed by atoms with Crippen LogP contribution in [0.2, 0.25) is 0 Å². The molecule has 0 aliphatic heterocycles. The van der Waals surface area contributed by atoms with E-state index in [1.54, 1.807) is 13.1 Å². The number of rotatable bonds is 8. The molecule has 0 fully saturated rings. The molecule has 0 atom stereocenters. The molecule has 0 unspecified atom stereocenters. The number of halogens is 1. The lowest BCUT2D eigenvalue weighted by Gasteiger charge is -2.18. The quantitative estimate of drug-likeness (QED) is 0.565. The van der Waals surface area contributed by atoms with Gasteiger partial charge in [-0.15, -0.1) is 0 Å². The molecule has 0 aliphatic rings. The number of anilines is 1. The van der Waals surface area contributed by atoms with Gasteiger partial charge in [0.1, 0.15) is 11.6 Å². The zero-order chi connectivity index (χ0) is 22.4. The van der Waals surface area contributed by atoms with Crippen LogP contribution < -0.4 is 9.46 Å². The first-order valence-corrected chi connectivity index (χ1v) is 11.1. The third-order valence-corrected chi connectivity index (χ3v) is 5.87. The Hall–Kier alpha value is -3.39. The van der Waals surface area contributed by atoms with Crippen LogP contribution in [0.3, 0.4) is 0 Å². The summed E-state index contributed by atoms with van der Waals surface area (Å²) in [7, 11) is -2.28. The molecule has 0 saturated heterocycles. The Morgan fingerprint density at radius 3 is 2.35 bits per heavy atom. The summed E-state index contributed by atoms with van der Waals surface area (Å²) in [6, 6.07) is 18.2. The van der Waals surface area contributed by atoms with Crippen molar-refractivity contribution in [3.8, 4) is 5.75 Å². The predicted octanol–water partition coefficient (Wildman–Crippen LogP) is 4.30. The average Bonchev–Trinajstić information content (AvgIpc) is 2.76. The molecular weight excluding hydrogens is 419 g/mol. The first kappa shape index (κ1) is 22.3. The Balaban J connectivity index is 1.73. The predicted molar refractivity (Wildman–Crippen MR) is 117 cm³/mol. The van der Waals surface area contributed by atoms with E-state index >= 15 is 0 Å². The van der Waals surface area contributed by atoms with Crippen molar-refractivity contribution in [1.29, 1.82) is 0 Å². The van der Waals surface area contributed by atoms with E-state index in [-0.39, 0.29) is 22.1 Å². The lowest BCUT2D eigenvalue weighted by atomic mass is 10.1. The maximum absolute atomic E-state index is 13.0. The van der Waals surface area contributed by atoms with E-state index < -0.39 is 15.8 Å². The highest BCUT2D eigenvalue weighted by atomic mass is 32.2. The third-order valence-electron chi connectivity index (χ3n) is 4.49. The second kappa shape index (κ2) is 9.61. The molecule has 162 valence electrons. The van der Waals surface area contributed by atoms with Crippen LogP contribution in [-0.4, -0.2) is 32.9 Å². The van der Waals surface area contributed by atoms with Gasteiger partial charge in [0.2, 0.25) is 0 Å². The van der Waals surface area contributed by atoms with E-state index in [9.17, 15) is 17.6 Å². The van der Waals surface area contributed by atoms with Crippen LogP contribution >= 0.6 is 0 Å². The zero-order valence-electron chi connectivity index (χ0n) is 17.2. The van der Waals surface area contributed by atoms with Crippen molar-refractivity contribution in [3.63, 3.8) is 0 Å². The van der Waals surface area contributed by atoms with Crippen LogP contribution in [0, 0.1) is 5.82 Å². The maximum atomic E-state index is 13.0. The molecule has 31 heavy (non-hydrogen) atoms. The molecule has 0 spiro atoms. The Bertz CT molecular complexity index is 1150. The van der Waals surface area contributed by atoms with Gasteiger partial charge in [0.25, 0.3) is 15.9 Å². The van der Waals surface area contributed by atoms with Gasteiger partial charge in [0.05, 0.1) is 11.5 Å². The highest BCUT2D eigenvalue weighted by Gasteiger charge is 2.18. The summed E-state index contributed by atoms with van der Waals surface area (Å²) in [6.07, 6.45) is 0. The van der Waals surface area contributed by atoms with Crippen LogP contribution in [0.15, 0.2) is 77.7 Å². The number of sulfonamides is 1. The van der Waals surface area contributed by atoms with Gasteiger partial charge in [-0.25, -0.2) is 12.8 Å². The Labute approximate surface area is 181 Å². The molecule has 8 heteroatoms. The standard InChI is InChI=1S/C23H23FN2O4S/c1-3-30-21-13-7-17(8-14-21)16-26(2)23(27)18-5-4-6-22(15-18)31(28,29)25-20-11-9-19(24)10-12-20/h4-15,25H,3,16H2,1-2H3. The molecule has 3 rings (SSSR count). The van der Waals surface area contributed by atoms with Gasteiger partial charge in [-0.2, -0.15) is 0 Å². The number of nitrogens with one attached hydrogen (secondary N) is 1. The summed E-state index contributed by atoms with van der Waals surface area (Å²) in [5.74, 6) is -0.0226. The van der Waals surface area contributed by atoms with Gasteiger partial charge in [-0.1, -0.05) is 18.2 Å². The number of hydrogen-bond acceptors (Lipinski definition) is 4. The van der Waals surface area contributed by atoms with E-state index in [2.05, 4.69) is 4.72 Å². The lowest BCUT2D eigenvalue weighted by Crippen LogP contribution is -2.26. The van der Waals surface area contributed by atoms with Gasteiger partial charge in [0, 0.05) is 24.8 Å². The van der Waals surface area contributed by atoms with Gasteiger partial charge in [0.15, 0.2) is 0 Å². The fourth-order valence-corrected chi connectivity index (χ4v) is 4.06. The fourth-order valence-electron chi connectivity index (χ4n) is 2.95. The summed E-state index contributed by atoms with van der Waals surface area (Å²) in [5, 5.41) is 0. The normalized spacial score (nSPS) is 11.1. The number of hydrogen-bond donors (Lipinski definition) is 1. The molecule has 1 amide bonds. The minimum absolute atomic E-state index is 0.0582. The van der Waals surface area contributed by atoms with Crippen molar-refractivity contribution in [2.24, 2.45) is 0 Å². The average molecular weight is 443 g/mol. The summed E-state index contributed by atoms with van der Waals surface area (Å²) >= 11 is 0. The zero-order valence-corrected chi connectivity index (χ0v) is 18.0. The van der Waals surface area contributed by atoms with Gasteiger partial charge >= 0.3 is 0 Å². The highest BCUT2D eigenvalue weighted by Crippen LogP contribution is 2.19. The van der Waals surface area contributed by atoms with E-state index in [1.807, 2.05) is 31.2 Å². The van der Waals surface area contributed by atoms with E-state index in [4.69, 9.17) is 4.74 Å². The summed E-state index contributed by atoms with van der Waals surface area (Å²) in [5.41, 5.74) is 1.39. The smallest absolute Gasteiger partial charge is 0.261 e. The summed E-state index contributed by atoms with van der Waals surface area (Å²) < 4.78 is 46.2. The largest absolute Gasteiger partial charge is 0.494 e. The SMILES string of the molecule is CCOc1ccc(CN(C)C(=O)c2cccc(S(=O)(=O)Nc3ccc(F)cc3)c2)cc1. The number of amides is 1. The van der Waals surface area contributed by atoms with Crippen molar-refractivity contribution < 1.29 is 22.3 Å². The monoisotopic (exact) mass is 442 g/mol. The number of carbonyl (C=O) groups is 1. The molecule has 1 N–H and O–H groups in total. The summed E-state index contributed by atoms with van der Waals surface area (Å²) in [6.45, 7) is 2.84. The van der Waals surface area contributed by atoms with Crippen LogP contribution in [0.5, 0.6) is 5.75 Å². The molecule has 3 aromatic rings. The summed E-state index contributed by atoms with van der Waals surface area (Å²) in [4.78, 5) is 14.3. The molecule has 0 bridgehead atoms. The minimum atomic E-state index is -3.93. The molecule has 3 aromatic carbocycles. The van der Waals surface area contributed by atoms with Crippen LogP contribution in [0.25, 0.3) is 0 Å². The van der Waals surface area contributed by atoms with Crippen LogP contribution in [0.4, 0.5) is 10.1 Å². The minimum Gasteiger partial charge on any atom is -0.494 e. The van der Waals surface area contributed by atoms with Crippen LogP contribution in [0.1, 0.15) is 22.8 Å². The van der Waals surface area contributed by atoms with Crippen molar-refractivity contribution in [1.82, 2.24) is 4.90 Å².